The Labute approximate surface area is 132 Å². The van der Waals surface area contributed by atoms with Crippen LogP contribution in [0.25, 0.3) is 10.9 Å². The zero-order valence-electron chi connectivity index (χ0n) is 11.7. The lowest BCUT2D eigenvalue weighted by Crippen LogP contribution is -2.13. The van der Waals surface area contributed by atoms with Crippen LogP contribution in [0.4, 0.5) is 5.69 Å². The molecule has 3 rings (SSSR count). The normalized spacial score (nSPS) is 10.9. The number of anilines is 1. The minimum absolute atomic E-state index is 0.00576. The summed E-state index contributed by atoms with van der Waals surface area (Å²) < 4.78 is 27.3. The quantitative estimate of drug-likeness (QED) is 0.772. The number of rotatable bonds is 3. The second kappa shape index (κ2) is 5.48. The number of hydrogen-bond acceptors (Lipinski definition) is 4. The second-order valence-electron chi connectivity index (χ2n) is 4.82. The third kappa shape index (κ3) is 2.73. The number of benzene rings is 2. The van der Waals surface area contributed by atoms with Crippen LogP contribution < -0.4 is 4.72 Å². The van der Waals surface area contributed by atoms with Gasteiger partial charge in [0.25, 0.3) is 10.0 Å². The Morgan fingerprint density at radius 2 is 1.87 bits per heavy atom. The summed E-state index contributed by atoms with van der Waals surface area (Å²) in [4.78, 5) is 2.95. The average molecular weight is 322 g/mol. The highest BCUT2D eigenvalue weighted by Crippen LogP contribution is 2.24. The number of H-pyrrole nitrogens is 1. The van der Waals surface area contributed by atoms with Crippen molar-refractivity contribution < 1.29 is 8.42 Å². The number of aromatic amines is 1. The Morgan fingerprint density at radius 3 is 2.61 bits per heavy atom. The summed E-state index contributed by atoms with van der Waals surface area (Å²) in [6.45, 7) is 0. The van der Waals surface area contributed by atoms with Gasteiger partial charge in [0.15, 0.2) is 0 Å². The summed E-state index contributed by atoms with van der Waals surface area (Å²) >= 11 is 0. The van der Waals surface area contributed by atoms with Crippen molar-refractivity contribution in [2.45, 2.75) is 4.90 Å². The highest BCUT2D eigenvalue weighted by molar-refractivity contribution is 7.92. The van der Waals surface area contributed by atoms with E-state index in [2.05, 4.69) is 9.71 Å². The van der Waals surface area contributed by atoms with E-state index in [1.54, 1.807) is 24.4 Å². The SMILES string of the molecule is N#Cc1cccc(S(=O)(=O)Nc2ccc3[nH]cc(C#N)c3c2)c1. The fourth-order valence-corrected chi connectivity index (χ4v) is 3.32. The average Bonchev–Trinajstić information content (AvgIpc) is 2.97. The lowest BCUT2D eigenvalue weighted by atomic mass is 10.2. The molecule has 6 nitrogen and oxygen atoms in total. The fraction of sp³-hybridized carbons (Fsp3) is 0. The number of hydrogen-bond donors (Lipinski definition) is 2. The molecule has 1 heterocycles. The van der Waals surface area contributed by atoms with Gasteiger partial charge in [-0.1, -0.05) is 6.07 Å². The van der Waals surface area contributed by atoms with Gasteiger partial charge in [0.2, 0.25) is 0 Å². The summed E-state index contributed by atoms with van der Waals surface area (Å²) in [5, 5.41) is 18.6. The lowest BCUT2D eigenvalue weighted by Gasteiger charge is -2.08. The van der Waals surface area contributed by atoms with Crippen molar-refractivity contribution in [1.82, 2.24) is 4.98 Å². The first-order valence-electron chi connectivity index (χ1n) is 6.58. The van der Waals surface area contributed by atoms with Crippen molar-refractivity contribution in [1.29, 1.82) is 10.5 Å². The monoisotopic (exact) mass is 322 g/mol. The third-order valence-corrected chi connectivity index (χ3v) is 4.71. The topological polar surface area (TPSA) is 110 Å². The van der Waals surface area contributed by atoms with Crippen LogP contribution >= 0.6 is 0 Å². The molecule has 7 heteroatoms. The van der Waals surface area contributed by atoms with Crippen LogP contribution in [-0.4, -0.2) is 13.4 Å². The van der Waals surface area contributed by atoms with Gasteiger partial charge in [-0.15, -0.1) is 0 Å². The van der Waals surface area contributed by atoms with Crippen molar-refractivity contribution in [3.8, 4) is 12.1 Å². The highest BCUT2D eigenvalue weighted by atomic mass is 32.2. The maximum absolute atomic E-state index is 12.4. The molecular weight excluding hydrogens is 312 g/mol. The smallest absolute Gasteiger partial charge is 0.261 e. The van der Waals surface area contributed by atoms with Gasteiger partial charge in [-0.05, 0) is 36.4 Å². The van der Waals surface area contributed by atoms with Gasteiger partial charge >= 0.3 is 0 Å². The summed E-state index contributed by atoms with van der Waals surface area (Å²) in [5.74, 6) is 0. The van der Waals surface area contributed by atoms with E-state index in [1.165, 1.54) is 24.3 Å². The van der Waals surface area contributed by atoms with Crippen LogP contribution in [0.1, 0.15) is 11.1 Å². The molecule has 3 aromatic rings. The molecule has 0 radical (unpaired) electrons. The van der Waals surface area contributed by atoms with Crippen molar-refractivity contribution >= 4 is 26.6 Å². The Hall–Kier alpha value is -3.29. The molecule has 2 N–H and O–H groups in total. The van der Waals surface area contributed by atoms with Gasteiger partial charge in [0.1, 0.15) is 6.07 Å². The van der Waals surface area contributed by atoms with Gasteiger partial charge in [-0.2, -0.15) is 10.5 Å². The van der Waals surface area contributed by atoms with Crippen LogP contribution in [0.3, 0.4) is 0 Å². The lowest BCUT2D eigenvalue weighted by molar-refractivity contribution is 0.601. The summed E-state index contributed by atoms with van der Waals surface area (Å²) in [5.41, 5.74) is 1.79. The van der Waals surface area contributed by atoms with Crippen LogP contribution in [-0.2, 0) is 10.0 Å². The second-order valence-corrected chi connectivity index (χ2v) is 6.50. The Balaban J connectivity index is 2.00. The van der Waals surface area contributed by atoms with Crippen LogP contribution in [0, 0.1) is 22.7 Å². The van der Waals surface area contributed by atoms with E-state index < -0.39 is 10.0 Å². The minimum Gasteiger partial charge on any atom is -0.360 e. The van der Waals surface area contributed by atoms with E-state index in [4.69, 9.17) is 10.5 Å². The minimum atomic E-state index is -3.81. The Bertz CT molecular complexity index is 1090. The number of nitrogens with zero attached hydrogens (tertiary/aromatic N) is 2. The molecule has 0 spiro atoms. The van der Waals surface area contributed by atoms with Crippen molar-refractivity contribution in [2.75, 3.05) is 4.72 Å². The summed E-state index contributed by atoms with van der Waals surface area (Å²) in [7, 11) is -3.81. The number of nitriles is 2. The van der Waals surface area contributed by atoms with Crippen LogP contribution in [0.5, 0.6) is 0 Å². The summed E-state index contributed by atoms with van der Waals surface area (Å²) in [6, 6.07) is 14.6. The molecule has 0 fully saturated rings. The molecule has 0 saturated carbocycles. The number of fused-ring (bicyclic) bond motifs is 1. The molecule has 0 amide bonds. The van der Waals surface area contributed by atoms with Gasteiger partial charge in [-0.3, -0.25) is 4.72 Å². The first kappa shape index (κ1) is 14.6. The molecule has 0 bridgehead atoms. The highest BCUT2D eigenvalue weighted by Gasteiger charge is 2.15. The van der Waals surface area contributed by atoms with E-state index >= 15 is 0 Å². The molecule has 23 heavy (non-hydrogen) atoms. The zero-order valence-corrected chi connectivity index (χ0v) is 12.6. The van der Waals surface area contributed by atoms with E-state index in [0.717, 1.165) is 5.52 Å². The Kier molecular flexibility index (Phi) is 3.49. The fourth-order valence-electron chi connectivity index (χ4n) is 2.22. The van der Waals surface area contributed by atoms with Crippen LogP contribution in [0.2, 0.25) is 0 Å². The zero-order chi connectivity index (χ0) is 16.4. The predicted molar refractivity (Wildman–Crippen MR) is 85.0 cm³/mol. The number of nitrogens with one attached hydrogen (secondary N) is 2. The van der Waals surface area contributed by atoms with Gasteiger partial charge in [-0.25, -0.2) is 8.42 Å². The van der Waals surface area contributed by atoms with Crippen LogP contribution in [0.15, 0.2) is 53.6 Å². The molecule has 0 aliphatic carbocycles. The molecule has 0 aliphatic heterocycles. The van der Waals surface area contributed by atoms with E-state index in [9.17, 15) is 8.42 Å². The first-order chi connectivity index (χ1) is 11.0. The maximum atomic E-state index is 12.4. The van der Waals surface area contributed by atoms with E-state index in [-0.39, 0.29) is 10.5 Å². The van der Waals surface area contributed by atoms with Gasteiger partial charge < -0.3 is 4.98 Å². The van der Waals surface area contributed by atoms with Crippen molar-refractivity contribution in [2.24, 2.45) is 0 Å². The maximum Gasteiger partial charge on any atom is 0.261 e. The largest absolute Gasteiger partial charge is 0.360 e. The van der Waals surface area contributed by atoms with Crippen molar-refractivity contribution in [3.05, 3.63) is 59.8 Å². The standard InChI is InChI=1S/C16H10N4O2S/c17-8-11-2-1-3-14(6-11)23(21,22)20-13-4-5-16-15(7-13)12(9-18)10-19-16/h1-7,10,19-20H. The molecular formula is C16H10N4O2S. The summed E-state index contributed by atoms with van der Waals surface area (Å²) in [6.07, 6.45) is 1.57. The van der Waals surface area contributed by atoms with Crippen molar-refractivity contribution in [3.63, 3.8) is 0 Å². The predicted octanol–water partition coefficient (Wildman–Crippen LogP) is 2.71. The first-order valence-corrected chi connectivity index (χ1v) is 8.06. The number of aromatic nitrogens is 1. The molecule has 0 aliphatic rings. The Morgan fingerprint density at radius 1 is 1.04 bits per heavy atom. The van der Waals surface area contributed by atoms with Gasteiger partial charge in [0, 0.05) is 22.8 Å². The molecule has 2 aromatic carbocycles. The molecule has 1 aromatic heterocycles. The molecule has 0 saturated heterocycles. The van der Waals surface area contributed by atoms with Gasteiger partial charge in [0.05, 0.1) is 22.1 Å². The molecule has 0 atom stereocenters. The number of sulfonamides is 1. The molecule has 112 valence electrons. The van der Waals surface area contributed by atoms with E-state index in [0.29, 0.717) is 16.6 Å². The van der Waals surface area contributed by atoms with E-state index in [1.807, 2.05) is 12.1 Å². The third-order valence-electron chi connectivity index (χ3n) is 3.33. The molecule has 0 unspecified atom stereocenters.